The van der Waals surface area contributed by atoms with Crippen molar-refractivity contribution in [2.24, 2.45) is 0 Å². The summed E-state index contributed by atoms with van der Waals surface area (Å²) in [6, 6.07) is 15.5. The zero-order valence-corrected chi connectivity index (χ0v) is 12.2. The largest absolute Gasteiger partial charge is 0.480 e. The Bertz CT molecular complexity index is 816. The molecular weight excluding hydrogens is 294 g/mol. The van der Waals surface area contributed by atoms with Gasteiger partial charge < -0.3 is 10.8 Å². The van der Waals surface area contributed by atoms with Crippen LogP contribution in [0.1, 0.15) is 11.6 Å². The van der Waals surface area contributed by atoms with Gasteiger partial charge in [-0.25, -0.2) is 9.48 Å². The first kappa shape index (κ1) is 14.7. The molecule has 0 amide bonds. The maximum atomic E-state index is 11.7. The molecule has 1 unspecified atom stereocenters. The minimum absolute atomic E-state index is 0.288. The van der Waals surface area contributed by atoms with Crippen LogP contribution in [0.2, 0.25) is 0 Å². The van der Waals surface area contributed by atoms with Gasteiger partial charge in [-0.15, -0.1) is 5.10 Å². The van der Waals surface area contributed by atoms with Crippen LogP contribution >= 0.6 is 0 Å². The first-order valence-electron chi connectivity index (χ1n) is 7.05. The minimum atomic E-state index is -0.994. The molecule has 2 aromatic carbocycles. The number of hydrogen-bond acceptors (Lipinski definition) is 5. The normalized spacial score (nSPS) is 12.0. The molecule has 7 heteroatoms. The molecule has 0 aliphatic carbocycles. The monoisotopic (exact) mass is 309 g/mol. The second-order valence-corrected chi connectivity index (χ2v) is 5.12. The molecule has 3 N–H and O–H groups in total. The van der Waals surface area contributed by atoms with E-state index in [-0.39, 0.29) is 6.42 Å². The number of hydrogen-bond donors (Lipinski definition) is 2. The first-order valence-corrected chi connectivity index (χ1v) is 7.05. The lowest BCUT2D eigenvalue weighted by molar-refractivity contribution is -0.141. The molecular formula is C16H15N5O2. The molecule has 0 bridgehead atoms. The Morgan fingerprint density at radius 2 is 1.96 bits per heavy atom. The molecule has 7 nitrogen and oxygen atoms in total. The third-order valence-corrected chi connectivity index (χ3v) is 3.49. The van der Waals surface area contributed by atoms with Gasteiger partial charge in [0.1, 0.15) is 0 Å². The number of rotatable bonds is 5. The van der Waals surface area contributed by atoms with Crippen LogP contribution in [0.4, 0.5) is 5.69 Å². The van der Waals surface area contributed by atoms with Crippen LogP contribution in [0.25, 0.3) is 11.4 Å². The minimum Gasteiger partial charge on any atom is -0.480 e. The van der Waals surface area contributed by atoms with Gasteiger partial charge in [0.25, 0.3) is 0 Å². The number of tetrazole rings is 1. The van der Waals surface area contributed by atoms with Crippen molar-refractivity contribution in [3.05, 3.63) is 60.2 Å². The summed E-state index contributed by atoms with van der Waals surface area (Å²) in [7, 11) is 0. The van der Waals surface area contributed by atoms with E-state index in [1.807, 2.05) is 30.3 Å². The van der Waals surface area contributed by atoms with Crippen LogP contribution in [-0.2, 0) is 11.2 Å². The zero-order chi connectivity index (χ0) is 16.2. The molecule has 23 heavy (non-hydrogen) atoms. The average Bonchev–Trinajstić information content (AvgIpc) is 3.02. The zero-order valence-electron chi connectivity index (χ0n) is 12.2. The van der Waals surface area contributed by atoms with Crippen LogP contribution < -0.4 is 5.73 Å². The number of nitrogens with two attached hydrogens (primary N) is 1. The summed E-state index contributed by atoms with van der Waals surface area (Å²) >= 11 is 0. The van der Waals surface area contributed by atoms with Gasteiger partial charge in [-0.05, 0) is 28.1 Å². The van der Waals surface area contributed by atoms with Gasteiger partial charge in [0.2, 0.25) is 0 Å². The summed E-state index contributed by atoms with van der Waals surface area (Å²) in [6.45, 7) is 0. The fourth-order valence-corrected chi connectivity index (χ4v) is 2.39. The molecule has 1 heterocycles. The standard InChI is InChI=1S/C16H15N5O2/c17-13-8-4-7-12(10-13)15-18-19-20-21(15)14(16(22)23)9-11-5-2-1-3-6-11/h1-8,10,14H,9,17H2,(H,22,23). The predicted octanol–water partition coefficient (Wildman–Crippen LogP) is 1.79. The fourth-order valence-electron chi connectivity index (χ4n) is 2.39. The molecule has 3 aromatic rings. The van der Waals surface area contributed by atoms with E-state index in [1.54, 1.807) is 24.3 Å². The Morgan fingerprint density at radius 1 is 1.17 bits per heavy atom. The maximum absolute atomic E-state index is 11.7. The van der Waals surface area contributed by atoms with Crippen LogP contribution in [0.15, 0.2) is 54.6 Å². The second-order valence-electron chi connectivity index (χ2n) is 5.12. The van der Waals surface area contributed by atoms with E-state index in [1.165, 1.54) is 4.68 Å². The molecule has 0 aliphatic rings. The van der Waals surface area contributed by atoms with Crippen LogP contribution in [-0.4, -0.2) is 31.3 Å². The maximum Gasteiger partial charge on any atom is 0.329 e. The highest BCUT2D eigenvalue weighted by Crippen LogP contribution is 2.23. The van der Waals surface area contributed by atoms with E-state index in [4.69, 9.17) is 5.73 Å². The number of nitrogen functional groups attached to an aromatic ring is 1. The molecule has 0 aliphatic heterocycles. The number of carbonyl (C=O) groups is 1. The number of anilines is 1. The summed E-state index contributed by atoms with van der Waals surface area (Å²) in [5, 5.41) is 21.1. The number of nitrogens with zero attached hydrogens (tertiary/aromatic N) is 4. The summed E-state index contributed by atoms with van der Waals surface area (Å²) in [5.74, 6) is -0.619. The van der Waals surface area contributed by atoms with Gasteiger partial charge in [0.15, 0.2) is 11.9 Å². The van der Waals surface area contributed by atoms with Crippen molar-refractivity contribution < 1.29 is 9.90 Å². The highest BCUT2D eigenvalue weighted by Gasteiger charge is 2.25. The second kappa shape index (κ2) is 6.27. The van der Waals surface area contributed by atoms with E-state index in [0.717, 1.165) is 5.56 Å². The summed E-state index contributed by atoms with van der Waals surface area (Å²) in [6.07, 6.45) is 0.288. The first-order chi connectivity index (χ1) is 11.1. The number of carboxylic acid groups (broad SMARTS) is 1. The Labute approximate surface area is 132 Å². The van der Waals surface area contributed by atoms with E-state index < -0.39 is 12.0 Å². The van der Waals surface area contributed by atoms with Crippen molar-refractivity contribution >= 4 is 11.7 Å². The van der Waals surface area contributed by atoms with Crippen molar-refractivity contribution in [1.82, 2.24) is 20.2 Å². The average molecular weight is 309 g/mol. The third kappa shape index (κ3) is 3.18. The summed E-state index contributed by atoms with van der Waals surface area (Å²) in [4.78, 5) is 11.7. The molecule has 0 radical (unpaired) electrons. The van der Waals surface area contributed by atoms with Crippen LogP contribution in [0, 0.1) is 0 Å². The van der Waals surface area contributed by atoms with Gasteiger partial charge in [-0.1, -0.05) is 42.5 Å². The lowest BCUT2D eigenvalue weighted by Gasteiger charge is -2.14. The lowest BCUT2D eigenvalue weighted by atomic mass is 10.1. The molecule has 0 spiro atoms. The number of aliphatic carboxylic acids is 1. The highest BCUT2D eigenvalue weighted by atomic mass is 16.4. The van der Waals surface area contributed by atoms with Crippen LogP contribution in [0.5, 0.6) is 0 Å². The van der Waals surface area contributed by atoms with E-state index >= 15 is 0 Å². The Balaban J connectivity index is 1.99. The predicted molar refractivity (Wildman–Crippen MR) is 84.5 cm³/mol. The van der Waals surface area contributed by atoms with E-state index in [0.29, 0.717) is 17.1 Å². The van der Waals surface area contributed by atoms with Gasteiger partial charge in [0.05, 0.1) is 0 Å². The number of aromatic nitrogens is 4. The van der Waals surface area contributed by atoms with Gasteiger partial charge in [-0.2, -0.15) is 0 Å². The fraction of sp³-hybridized carbons (Fsp3) is 0.125. The van der Waals surface area contributed by atoms with E-state index in [2.05, 4.69) is 15.5 Å². The Kier molecular flexibility index (Phi) is 4.01. The van der Waals surface area contributed by atoms with Crippen molar-refractivity contribution in [3.63, 3.8) is 0 Å². The van der Waals surface area contributed by atoms with Crippen LogP contribution in [0.3, 0.4) is 0 Å². The van der Waals surface area contributed by atoms with Gasteiger partial charge in [-0.3, -0.25) is 0 Å². The summed E-state index contributed by atoms with van der Waals surface area (Å²) < 4.78 is 1.32. The lowest BCUT2D eigenvalue weighted by Crippen LogP contribution is -2.23. The van der Waals surface area contributed by atoms with Crippen molar-refractivity contribution in [1.29, 1.82) is 0 Å². The van der Waals surface area contributed by atoms with Crippen molar-refractivity contribution in [3.8, 4) is 11.4 Å². The van der Waals surface area contributed by atoms with Crippen molar-refractivity contribution in [2.45, 2.75) is 12.5 Å². The molecule has 0 saturated carbocycles. The number of benzene rings is 2. The Morgan fingerprint density at radius 3 is 2.65 bits per heavy atom. The molecule has 1 atom stereocenters. The molecule has 3 rings (SSSR count). The quantitative estimate of drug-likeness (QED) is 0.696. The third-order valence-electron chi connectivity index (χ3n) is 3.49. The smallest absolute Gasteiger partial charge is 0.329 e. The number of carboxylic acids is 1. The van der Waals surface area contributed by atoms with Crippen molar-refractivity contribution in [2.75, 3.05) is 5.73 Å². The van der Waals surface area contributed by atoms with Gasteiger partial charge >= 0.3 is 5.97 Å². The molecule has 0 saturated heterocycles. The van der Waals surface area contributed by atoms with E-state index in [9.17, 15) is 9.90 Å². The van der Waals surface area contributed by atoms with Gasteiger partial charge in [0, 0.05) is 17.7 Å². The molecule has 1 aromatic heterocycles. The molecule has 116 valence electrons. The molecule has 0 fully saturated rings. The highest BCUT2D eigenvalue weighted by molar-refractivity contribution is 5.73. The Hall–Kier alpha value is -3.22. The summed E-state index contributed by atoms with van der Waals surface area (Å²) in [5.41, 5.74) is 7.91. The SMILES string of the molecule is Nc1cccc(-c2nnnn2C(Cc2ccccc2)C(=O)O)c1. The topological polar surface area (TPSA) is 107 Å².